The standard InChI is InChI=1S/C61H58N2/c1-44-16-14-22-52(40-44)61(50-20-10-6-11-21-50)51-30-34-55(35-31-51)62(56-36-38-57(39-37-56)63(53-23-12-7-13-24-53)58-25-15-17-45(2)41-58)54-32-28-48(29-33-54)43-60(49-18-8-5-9-19-49)59-42-46(3)26-27-47(59)4/h5-10,12-19,22-42,50,60-61H,11,20-21,43H2,1-4H3. The number of hydrogen-bond acceptors (Lipinski definition) is 2. The van der Waals surface area contributed by atoms with E-state index in [1.54, 1.807) is 0 Å². The van der Waals surface area contributed by atoms with Crippen LogP contribution in [0.15, 0.2) is 212 Å². The zero-order valence-electron chi connectivity index (χ0n) is 37.2. The van der Waals surface area contributed by atoms with Crippen LogP contribution in [0.5, 0.6) is 0 Å². The predicted molar refractivity (Wildman–Crippen MR) is 268 cm³/mol. The van der Waals surface area contributed by atoms with E-state index in [4.69, 9.17) is 0 Å². The monoisotopic (exact) mass is 818 g/mol. The zero-order valence-corrected chi connectivity index (χ0v) is 37.2. The molecule has 0 aliphatic heterocycles. The van der Waals surface area contributed by atoms with Crippen LogP contribution in [0.1, 0.15) is 81.2 Å². The lowest BCUT2D eigenvalue weighted by Crippen LogP contribution is -2.16. The maximum absolute atomic E-state index is 2.42. The van der Waals surface area contributed by atoms with Gasteiger partial charge in [-0.2, -0.15) is 0 Å². The summed E-state index contributed by atoms with van der Waals surface area (Å²) in [4.78, 5) is 4.76. The molecule has 312 valence electrons. The van der Waals surface area contributed by atoms with E-state index in [9.17, 15) is 0 Å². The summed E-state index contributed by atoms with van der Waals surface area (Å²) in [6.45, 7) is 8.82. The molecule has 0 saturated heterocycles. The van der Waals surface area contributed by atoms with Gasteiger partial charge >= 0.3 is 0 Å². The van der Waals surface area contributed by atoms with Crippen LogP contribution >= 0.6 is 0 Å². The number of aryl methyl sites for hydroxylation is 4. The summed E-state index contributed by atoms with van der Waals surface area (Å²) in [6.07, 6.45) is 9.13. The summed E-state index contributed by atoms with van der Waals surface area (Å²) < 4.78 is 0. The number of hydrogen-bond donors (Lipinski definition) is 0. The molecule has 0 heterocycles. The largest absolute Gasteiger partial charge is 0.311 e. The minimum Gasteiger partial charge on any atom is -0.311 e. The van der Waals surface area contributed by atoms with E-state index in [1.807, 2.05) is 0 Å². The summed E-state index contributed by atoms with van der Waals surface area (Å²) in [5, 5.41) is 0. The van der Waals surface area contributed by atoms with E-state index in [1.165, 1.54) is 56.5 Å². The van der Waals surface area contributed by atoms with Gasteiger partial charge in [-0.05, 0) is 171 Å². The third-order valence-corrected chi connectivity index (χ3v) is 13.0. The third-order valence-electron chi connectivity index (χ3n) is 13.0. The molecule has 0 fully saturated rings. The fourth-order valence-corrected chi connectivity index (χ4v) is 9.79. The Kier molecular flexibility index (Phi) is 12.5. The van der Waals surface area contributed by atoms with Crippen LogP contribution in [0, 0.1) is 33.6 Å². The third kappa shape index (κ3) is 9.47. The molecule has 0 aromatic heterocycles. The minimum atomic E-state index is 0.259. The van der Waals surface area contributed by atoms with Gasteiger partial charge in [0.1, 0.15) is 0 Å². The van der Waals surface area contributed by atoms with Crippen molar-refractivity contribution in [3.63, 3.8) is 0 Å². The number of allylic oxidation sites excluding steroid dienone is 2. The summed E-state index contributed by atoms with van der Waals surface area (Å²) in [5.41, 5.74) is 18.8. The highest BCUT2D eigenvalue weighted by Crippen LogP contribution is 2.43. The SMILES string of the molecule is Cc1cccc(C(c2ccc(N(c3ccc(CC(c4ccccc4)c4cc(C)ccc4C)cc3)c3ccc(N(c4ccccc4)c4cccc(C)c4)cc3)cc2)C2CC=CCC2)c1. The van der Waals surface area contributed by atoms with Gasteiger partial charge in [-0.25, -0.2) is 0 Å². The highest BCUT2D eigenvalue weighted by Gasteiger charge is 2.26. The second-order valence-electron chi connectivity index (χ2n) is 17.6. The van der Waals surface area contributed by atoms with Crippen molar-refractivity contribution in [1.29, 1.82) is 0 Å². The van der Waals surface area contributed by atoms with E-state index in [2.05, 4.69) is 250 Å². The summed E-state index contributed by atoms with van der Waals surface area (Å²) in [6, 6.07) is 74.3. The van der Waals surface area contributed by atoms with Gasteiger partial charge in [0.15, 0.2) is 0 Å². The minimum absolute atomic E-state index is 0.259. The maximum atomic E-state index is 2.42. The van der Waals surface area contributed by atoms with Crippen molar-refractivity contribution in [2.45, 2.75) is 65.2 Å². The van der Waals surface area contributed by atoms with Crippen LogP contribution in [0.4, 0.5) is 34.1 Å². The van der Waals surface area contributed by atoms with Crippen molar-refractivity contribution in [2.75, 3.05) is 9.80 Å². The van der Waals surface area contributed by atoms with Crippen LogP contribution in [0.25, 0.3) is 0 Å². The lowest BCUT2D eigenvalue weighted by Gasteiger charge is -2.31. The summed E-state index contributed by atoms with van der Waals surface area (Å²) in [7, 11) is 0. The highest BCUT2D eigenvalue weighted by molar-refractivity contribution is 5.81. The van der Waals surface area contributed by atoms with Crippen molar-refractivity contribution in [1.82, 2.24) is 0 Å². The van der Waals surface area contributed by atoms with Crippen molar-refractivity contribution in [3.05, 3.63) is 262 Å². The molecule has 8 aromatic rings. The molecule has 3 atom stereocenters. The fraction of sp³-hybridized carbons (Fsp3) is 0.180. The Morgan fingerprint density at radius 2 is 0.952 bits per heavy atom. The molecule has 1 aliphatic rings. The lowest BCUT2D eigenvalue weighted by molar-refractivity contribution is 0.428. The van der Waals surface area contributed by atoms with Gasteiger partial charge in [0.2, 0.25) is 0 Å². The van der Waals surface area contributed by atoms with Crippen molar-refractivity contribution in [2.24, 2.45) is 5.92 Å². The van der Waals surface area contributed by atoms with Gasteiger partial charge in [-0.3, -0.25) is 0 Å². The van der Waals surface area contributed by atoms with Gasteiger partial charge in [-0.1, -0.05) is 151 Å². The van der Waals surface area contributed by atoms with Crippen LogP contribution in [0.3, 0.4) is 0 Å². The lowest BCUT2D eigenvalue weighted by atomic mass is 9.75. The molecule has 0 N–H and O–H groups in total. The topological polar surface area (TPSA) is 6.48 Å². The molecule has 63 heavy (non-hydrogen) atoms. The van der Waals surface area contributed by atoms with Crippen LogP contribution in [-0.2, 0) is 6.42 Å². The Morgan fingerprint density at radius 1 is 0.429 bits per heavy atom. The first-order chi connectivity index (χ1) is 30.9. The normalized spacial score (nSPS) is 14.5. The zero-order chi connectivity index (χ0) is 43.1. The first-order valence-electron chi connectivity index (χ1n) is 22.7. The second kappa shape index (κ2) is 19.0. The van der Waals surface area contributed by atoms with E-state index in [0.717, 1.165) is 53.4 Å². The Balaban J connectivity index is 1.10. The number of anilines is 6. The van der Waals surface area contributed by atoms with Gasteiger partial charge in [-0.15, -0.1) is 0 Å². The van der Waals surface area contributed by atoms with Gasteiger partial charge in [0.05, 0.1) is 0 Å². The summed E-state index contributed by atoms with van der Waals surface area (Å²) in [5.74, 6) is 1.18. The van der Waals surface area contributed by atoms with E-state index in [-0.39, 0.29) is 5.92 Å². The quantitative estimate of drug-likeness (QED) is 0.107. The van der Waals surface area contributed by atoms with Crippen LogP contribution < -0.4 is 9.80 Å². The predicted octanol–water partition coefficient (Wildman–Crippen LogP) is 16.7. The molecule has 8 aromatic carbocycles. The molecule has 0 radical (unpaired) electrons. The molecule has 9 rings (SSSR count). The van der Waals surface area contributed by atoms with Crippen LogP contribution in [-0.4, -0.2) is 0 Å². The van der Waals surface area contributed by atoms with E-state index in [0.29, 0.717) is 11.8 Å². The molecule has 0 amide bonds. The van der Waals surface area contributed by atoms with E-state index >= 15 is 0 Å². The average molecular weight is 819 g/mol. The molecular formula is C61H58N2. The molecule has 3 unspecified atom stereocenters. The fourth-order valence-electron chi connectivity index (χ4n) is 9.79. The number of nitrogens with zero attached hydrogens (tertiary/aromatic N) is 2. The van der Waals surface area contributed by atoms with Crippen LogP contribution in [0.2, 0.25) is 0 Å². The molecular weight excluding hydrogens is 761 g/mol. The summed E-state index contributed by atoms with van der Waals surface area (Å²) >= 11 is 0. The molecule has 2 nitrogen and oxygen atoms in total. The highest BCUT2D eigenvalue weighted by atomic mass is 15.2. The smallest absolute Gasteiger partial charge is 0.0464 e. The second-order valence-corrected chi connectivity index (χ2v) is 17.6. The van der Waals surface area contributed by atoms with Gasteiger partial charge in [0, 0.05) is 46.0 Å². The van der Waals surface area contributed by atoms with Gasteiger partial charge in [0.25, 0.3) is 0 Å². The Bertz CT molecular complexity index is 2770. The maximum Gasteiger partial charge on any atom is 0.0464 e. The first-order valence-corrected chi connectivity index (χ1v) is 22.7. The number of benzene rings is 8. The number of rotatable bonds is 13. The van der Waals surface area contributed by atoms with Gasteiger partial charge < -0.3 is 9.80 Å². The molecule has 0 bridgehead atoms. The Morgan fingerprint density at radius 3 is 1.57 bits per heavy atom. The van der Waals surface area contributed by atoms with Crippen molar-refractivity contribution in [3.8, 4) is 0 Å². The number of para-hydroxylation sites is 1. The Hall–Kier alpha value is -6.90. The van der Waals surface area contributed by atoms with Crippen molar-refractivity contribution < 1.29 is 0 Å². The van der Waals surface area contributed by atoms with E-state index < -0.39 is 0 Å². The molecule has 0 spiro atoms. The molecule has 2 heteroatoms. The van der Waals surface area contributed by atoms with Crippen molar-refractivity contribution >= 4 is 34.1 Å². The molecule has 0 saturated carbocycles. The Labute approximate surface area is 375 Å². The molecule has 1 aliphatic carbocycles. The average Bonchev–Trinajstić information content (AvgIpc) is 3.32. The first kappa shape index (κ1) is 41.5.